The molecule has 2 nitrogen and oxygen atoms in total. The molecule has 0 saturated carbocycles. The standard InChI is InChI=1S/C12H26N2/c1-4-7-13-8-10-14(11-9-13)12(5-2)6-3/h12H,4-11H2,1-3H3. The van der Waals surface area contributed by atoms with Gasteiger partial charge in [0.25, 0.3) is 0 Å². The summed E-state index contributed by atoms with van der Waals surface area (Å²) in [5.41, 5.74) is 0. The molecule has 0 N–H and O–H groups in total. The third-order valence-corrected chi connectivity index (χ3v) is 3.41. The van der Waals surface area contributed by atoms with Gasteiger partial charge in [-0.05, 0) is 25.8 Å². The fourth-order valence-corrected chi connectivity index (χ4v) is 2.47. The van der Waals surface area contributed by atoms with Crippen molar-refractivity contribution in [3.05, 3.63) is 0 Å². The van der Waals surface area contributed by atoms with Crippen LogP contribution in [0.1, 0.15) is 40.0 Å². The Labute approximate surface area is 89.3 Å². The third kappa shape index (κ3) is 3.25. The van der Waals surface area contributed by atoms with Crippen LogP contribution in [-0.4, -0.2) is 48.6 Å². The number of hydrogen-bond donors (Lipinski definition) is 0. The van der Waals surface area contributed by atoms with Crippen molar-refractivity contribution in [1.29, 1.82) is 0 Å². The van der Waals surface area contributed by atoms with Gasteiger partial charge < -0.3 is 4.90 Å². The average Bonchev–Trinajstić information content (AvgIpc) is 2.23. The maximum atomic E-state index is 2.67. The lowest BCUT2D eigenvalue weighted by Gasteiger charge is -2.38. The van der Waals surface area contributed by atoms with Crippen molar-refractivity contribution in [2.24, 2.45) is 0 Å². The maximum Gasteiger partial charge on any atom is 0.0113 e. The van der Waals surface area contributed by atoms with Crippen molar-refractivity contribution in [3.8, 4) is 0 Å². The smallest absolute Gasteiger partial charge is 0.0113 e. The molecule has 1 aliphatic heterocycles. The second-order valence-electron chi connectivity index (χ2n) is 4.35. The Bertz CT molecular complexity index is 135. The molecule has 0 amide bonds. The van der Waals surface area contributed by atoms with Crippen LogP contribution in [-0.2, 0) is 0 Å². The zero-order valence-electron chi connectivity index (χ0n) is 10.1. The van der Waals surface area contributed by atoms with Crippen LogP contribution in [0.15, 0.2) is 0 Å². The second kappa shape index (κ2) is 6.41. The molecule has 0 aliphatic carbocycles. The highest BCUT2D eigenvalue weighted by atomic mass is 15.3. The molecule has 14 heavy (non-hydrogen) atoms. The number of piperazine rings is 1. The first-order valence-electron chi connectivity index (χ1n) is 6.28. The highest BCUT2D eigenvalue weighted by molar-refractivity contribution is 4.76. The lowest BCUT2D eigenvalue weighted by molar-refractivity contribution is 0.0922. The summed E-state index contributed by atoms with van der Waals surface area (Å²) in [6.07, 6.45) is 3.92. The average molecular weight is 198 g/mol. The minimum atomic E-state index is 0.832. The molecule has 1 aliphatic rings. The van der Waals surface area contributed by atoms with Gasteiger partial charge in [0.1, 0.15) is 0 Å². The fraction of sp³-hybridized carbons (Fsp3) is 1.00. The molecule has 0 atom stereocenters. The van der Waals surface area contributed by atoms with Gasteiger partial charge in [0, 0.05) is 32.2 Å². The summed E-state index contributed by atoms with van der Waals surface area (Å²) in [4.78, 5) is 5.27. The van der Waals surface area contributed by atoms with Gasteiger partial charge in [0.05, 0.1) is 0 Å². The van der Waals surface area contributed by atoms with E-state index in [2.05, 4.69) is 30.6 Å². The van der Waals surface area contributed by atoms with Crippen molar-refractivity contribution in [1.82, 2.24) is 9.80 Å². The first-order chi connectivity index (χ1) is 6.81. The highest BCUT2D eigenvalue weighted by Crippen LogP contribution is 2.11. The second-order valence-corrected chi connectivity index (χ2v) is 4.35. The molecule has 0 unspecified atom stereocenters. The summed E-state index contributed by atoms with van der Waals surface area (Å²) in [6.45, 7) is 13.3. The number of nitrogens with zero attached hydrogens (tertiary/aromatic N) is 2. The summed E-state index contributed by atoms with van der Waals surface area (Å²) in [5.74, 6) is 0. The SMILES string of the molecule is CCCN1CCN(C(CC)CC)CC1. The fourth-order valence-electron chi connectivity index (χ4n) is 2.47. The zero-order valence-corrected chi connectivity index (χ0v) is 10.1. The molecular formula is C12H26N2. The molecule has 0 aromatic rings. The van der Waals surface area contributed by atoms with Crippen LogP contribution in [0.4, 0.5) is 0 Å². The monoisotopic (exact) mass is 198 g/mol. The van der Waals surface area contributed by atoms with Crippen molar-refractivity contribution >= 4 is 0 Å². The summed E-state index contributed by atoms with van der Waals surface area (Å²) in [6, 6.07) is 0.832. The minimum Gasteiger partial charge on any atom is -0.301 e. The molecule has 1 saturated heterocycles. The van der Waals surface area contributed by atoms with Crippen LogP contribution in [0.5, 0.6) is 0 Å². The van der Waals surface area contributed by atoms with Gasteiger partial charge in [-0.3, -0.25) is 4.90 Å². The van der Waals surface area contributed by atoms with E-state index in [4.69, 9.17) is 0 Å². The van der Waals surface area contributed by atoms with Gasteiger partial charge >= 0.3 is 0 Å². The molecule has 0 bridgehead atoms. The van der Waals surface area contributed by atoms with E-state index >= 15 is 0 Å². The van der Waals surface area contributed by atoms with Gasteiger partial charge in [-0.1, -0.05) is 20.8 Å². The summed E-state index contributed by atoms with van der Waals surface area (Å²) in [5, 5.41) is 0. The van der Waals surface area contributed by atoms with Gasteiger partial charge in [-0.2, -0.15) is 0 Å². The number of hydrogen-bond acceptors (Lipinski definition) is 2. The van der Waals surface area contributed by atoms with Crippen LogP contribution >= 0.6 is 0 Å². The molecule has 1 fully saturated rings. The molecular weight excluding hydrogens is 172 g/mol. The lowest BCUT2D eigenvalue weighted by atomic mass is 10.1. The van der Waals surface area contributed by atoms with E-state index < -0.39 is 0 Å². The van der Waals surface area contributed by atoms with Gasteiger partial charge in [0.2, 0.25) is 0 Å². The van der Waals surface area contributed by atoms with E-state index in [1.54, 1.807) is 0 Å². The Balaban J connectivity index is 2.27. The van der Waals surface area contributed by atoms with Crippen molar-refractivity contribution in [2.45, 2.75) is 46.1 Å². The van der Waals surface area contributed by atoms with Gasteiger partial charge in [-0.25, -0.2) is 0 Å². The molecule has 84 valence electrons. The molecule has 0 aromatic heterocycles. The minimum absolute atomic E-state index is 0.832. The Morgan fingerprint density at radius 1 is 0.929 bits per heavy atom. The first-order valence-corrected chi connectivity index (χ1v) is 6.28. The predicted octanol–water partition coefficient (Wildman–Crippen LogP) is 2.20. The topological polar surface area (TPSA) is 6.48 Å². The van der Waals surface area contributed by atoms with Crippen LogP contribution in [0.25, 0.3) is 0 Å². The normalized spacial score (nSPS) is 20.6. The quantitative estimate of drug-likeness (QED) is 0.668. The van der Waals surface area contributed by atoms with Crippen LogP contribution in [0.3, 0.4) is 0 Å². The molecule has 0 aromatic carbocycles. The van der Waals surface area contributed by atoms with E-state index in [-0.39, 0.29) is 0 Å². The first kappa shape index (κ1) is 12.0. The summed E-state index contributed by atoms with van der Waals surface area (Å²) in [7, 11) is 0. The molecule has 2 heteroatoms. The largest absolute Gasteiger partial charge is 0.301 e. The maximum absolute atomic E-state index is 2.67. The van der Waals surface area contributed by atoms with Crippen LogP contribution in [0, 0.1) is 0 Å². The van der Waals surface area contributed by atoms with Gasteiger partial charge in [0.15, 0.2) is 0 Å². The Hall–Kier alpha value is -0.0800. The zero-order chi connectivity index (χ0) is 10.4. The van der Waals surface area contributed by atoms with E-state index in [0.29, 0.717) is 0 Å². The van der Waals surface area contributed by atoms with Crippen molar-refractivity contribution < 1.29 is 0 Å². The Morgan fingerprint density at radius 3 is 1.93 bits per heavy atom. The van der Waals surface area contributed by atoms with E-state index in [9.17, 15) is 0 Å². The Kier molecular flexibility index (Phi) is 5.49. The van der Waals surface area contributed by atoms with Crippen molar-refractivity contribution in [3.63, 3.8) is 0 Å². The van der Waals surface area contributed by atoms with Gasteiger partial charge in [-0.15, -0.1) is 0 Å². The molecule has 1 rings (SSSR count). The summed E-state index contributed by atoms with van der Waals surface area (Å²) < 4.78 is 0. The number of rotatable bonds is 5. The van der Waals surface area contributed by atoms with Crippen LogP contribution in [0.2, 0.25) is 0 Å². The van der Waals surface area contributed by atoms with Crippen LogP contribution < -0.4 is 0 Å². The molecule has 0 spiro atoms. The van der Waals surface area contributed by atoms with E-state index in [0.717, 1.165) is 6.04 Å². The summed E-state index contributed by atoms with van der Waals surface area (Å²) >= 11 is 0. The Morgan fingerprint density at radius 2 is 1.50 bits per heavy atom. The van der Waals surface area contributed by atoms with E-state index in [1.807, 2.05) is 0 Å². The third-order valence-electron chi connectivity index (χ3n) is 3.41. The molecule has 0 radical (unpaired) electrons. The van der Waals surface area contributed by atoms with Crippen molar-refractivity contribution in [2.75, 3.05) is 32.7 Å². The predicted molar refractivity (Wildman–Crippen MR) is 62.7 cm³/mol. The lowest BCUT2D eigenvalue weighted by Crippen LogP contribution is -2.50. The van der Waals surface area contributed by atoms with E-state index in [1.165, 1.54) is 52.0 Å². The highest BCUT2D eigenvalue weighted by Gasteiger charge is 2.20. The molecule has 1 heterocycles.